The van der Waals surface area contributed by atoms with E-state index in [0.717, 1.165) is 5.56 Å². The maximum Gasteiger partial charge on any atom is 0.240 e. The van der Waals surface area contributed by atoms with E-state index < -0.39 is 10.0 Å². The van der Waals surface area contributed by atoms with Crippen LogP contribution in [0.2, 0.25) is 0 Å². The van der Waals surface area contributed by atoms with Gasteiger partial charge in [-0.3, -0.25) is 0 Å². The number of nitrogens with zero attached hydrogens (tertiary/aromatic N) is 1. The molecule has 18 heavy (non-hydrogen) atoms. The first kappa shape index (κ1) is 15.0. The Hall–Kier alpha value is -1.03. The predicted molar refractivity (Wildman–Crippen MR) is 73.9 cm³/mol. The largest absolute Gasteiger partial charge is 0.240 e. The predicted octanol–water partition coefficient (Wildman–Crippen LogP) is 1.78. The Balaban J connectivity index is 2.76. The molecule has 0 aliphatic carbocycles. The van der Waals surface area contributed by atoms with Crippen molar-refractivity contribution in [1.82, 2.24) is 4.72 Å². The van der Waals surface area contributed by atoms with E-state index in [4.69, 9.17) is 5.26 Å². The Morgan fingerprint density at radius 1 is 1.39 bits per heavy atom. The Morgan fingerprint density at radius 3 is 2.50 bits per heavy atom. The Morgan fingerprint density at radius 2 is 2.00 bits per heavy atom. The first-order valence-electron chi connectivity index (χ1n) is 5.48. The van der Waals surface area contributed by atoms with E-state index in [2.05, 4.69) is 4.72 Å². The fourth-order valence-corrected chi connectivity index (χ4v) is 2.76. The molecule has 0 spiro atoms. The van der Waals surface area contributed by atoms with Crippen molar-refractivity contribution < 1.29 is 8.42 Å². The lowest BCUT2D eigenvalue weighted by molar-refractivity contribution is 0.581. The summed E-state index contributed by atoms with van der Waals surface area (Å²) in [6, 6.07) is 8.40. The van der Waals surface area contributed by atoms with Gasteiger partial charge in [0.15, 0.2) is 0 Å². The van der Waals surface area contributed by atoms with Crippen LogP contribution in [0.3, 0.4) is 0 Å². The fourth-order valence-electron chi connectivity index (χ4n) is 1.27. The summed E-state index contributed by atoms with van der Waals surface area (Å²) >= 11 is 1.61. The van der Waals surface area contributed by atoms with Gasteiger partial charge in [0.25, 0.3) is 0 Å². The van der Waals surface area contributed by atoms with Crippen molar-refractivity contribution in [2.45, 2.75) is 23.5 Å². The molecule has 4 nitrogen and oxygen atoms in total. The molecule has 1 aromatic rings. The molecular weight excluding hydrogens is 268 g/mol. The van der Waals surface area contributed by atoms with Gasteiger partial charge in [0, 0.05) is 11.8 Å². The van der Waals surface area contributed by atoms with Gasteiger partial charge < -0.3 is 0 Å². The van der Waals surface area contributed by atoms with E-state index >= 15 is 0 Å². The van der Waals surface area contributed by atoms with Gasteiger partial charge in [0.1, 0.15) is 0 Å². The number of rotatable bonds is 6. The van der Waals surface area contributed by atoms with Crippen LogP contribution in [0.5, 0.6) is 0 Å². The molecule has 6 heteroatoms. The van der Waals surface area contributed by atoms with Crippen LogP contribution in [0, 0.1) is 11.3 Å². The summed E-state index contributed by atoms with van der Waals surface area (Å²) in [7, 11) is -3.44. The maximum atomic E-state index is 11.9. The average Bonchev–Trinajstić information content (AvgIpc) is 2.37. The normalized spacial score (nSPS) is 12.9. The lowest BCUT2D eigenvalue weighted by atomic mass is 10.2. The molecule has 1 atom stereocenters. The van der Waals surface area contributed by atoms with Gasteiger partial charge in [-0.2, -0.15) is 17.0 Å². The van der Waals surface area contributed by atoms with Crippen LogP contribution in [0.1, 0.15) is 12.5 Å². The minimum atomic E-state index is -3.44. The second kappa shape index (κ2) is 6.78. The molecule has 1 rings (SSSR count). The number of sulfonamides is 1. The highest BCUT2D eigenvalue weighted by atomic mass is 32.2. The zero-order chi connectivity index (χ0) is 13.6. The fraction of sp³-hybridized carbons (Fsp3) is 0.417. The molecule has 0 fully saturated rings. The third-order valence-electron chi connectivity index (χ3n) is 2.48. The topological polar surface area (TPSA) is 70.0 Å². The molecule has 1 N–H and O–H groups in total. The van der Waals surface area contributed by atoms with E-state index in [1.54, 1.807) is 23.9 Å². The van der Waals surface area contributed by atoms with Crippen molar-refractivity contribution in [3.63, 3.8) is 0 Å². The molecule has 1 aromatic carbocycles. The van der Waals surface area contributed by atoms with Crippen molar-refractivity contribution in [2.24, 2.45) is 0 Å². The van der Waals surface area contributed by atoms with Crippen molar-refractivity contribution in [3.8, 4) is 6.07 Å². The van der Waals surface area contributed by atoms with Gasteiger partial charge in [0.05, 0.1) is 17.4 Å². The van der Waals surface area contributed by atoms with Crippen molar-refractivity contribution in [2.75, 3.05) is 12.8 Å². The summed E-state index contributed by atoms with van der Waals surface area (Å²) in [5, 5.41) is 8.77. The average molecular weight is 284 g/mol. The monoisotopic (exact) mass is 284 g/mol. The molecule has 0 saturated heterocycles. The van der Waals surface area contributed by atoms with Crippen LogP contribution in [-0.4, -0.2) is 26.5 Å². The second-order valence-corrected chi connectivity index (χ2v) is 6.92. The molecule has 0 aromatic heterocycles. The number of hydrogen-bond donors (Lipinski definition) is 1. The molecular formula is C12H16N2O2S2. The first-order chi connectivity index (χ1) is 8.49. The number of benzene rings is 1. The Labute approximate surface area is 112 Å². The third kappa shape index (κ3) is 4.33. The number of nitriles is 1. The van der Waals surface area contributed by atoms with Crippen LogP contribution in [0.25, 0.3) is 0 Å². The van der Waals surface area contributed by atoms with Gasteiger partial charge in [-0.1, -0.05) is 19.1 Å². The molecule has 0 heterocycles. The molecule has 98 valence electrons. The zero-order valence-corrected chi connectivity index (χ0v) is 12.0. The first-order valence-corrected chi connectivity index (χ1v) is 8.25. The Kier molecular flexibility index (Phi) is 5.66. The zero-order valence-electron chi connectivity index (χ0n) is 10.4. The standard InChI is InChI=1S/C12H16N2O2S2/c1-10(17-2)9-14-18(15,16)12-5-3-11(4-6-12)7-8-13/h3-6,10,14H,7,9H2,1-2H3. The number of thioether (sulfide) groups is 1. The molecule has 0 aliphatic heterocycles. The van der Waals surface area contributed by atoms with E-state index in [-0.39, 0.29) is 16.6 Å². The van der Waals surface area contributed by atoms with Crippen molar-refractivity contribution >= 4 is 21.8 Å². The van der Waals surface area contributed by atoms with Crippen LogP contribution < -0.4 is 4.72 Å². The summed E-state index contributed by atoms with van der Waals surface area (Å²) in [6.07, 6.45) is 2.23. The highest BCUT2D eigenvalue weighted by Gasteiger charge is 2.14. The molecule has 0 radical (unpaired) electrons. The summed E-state index contributed by atoms with van der Waals surface area (Å²) in [4.78, 5) is 0.234. The van der Waals surface area contributed by atoms with Crippen LogP contribution in [0.4, 0.5) is 0 Å². The minimum absolute atomic E-state index is 0.234. The molecule has 0 aliphatic rings. The maximum absolute atomic E-state index is 11.9. The molecule has 0 amide bonds. The third-order valence-corrected chi connectivity index (χ3v) is 4.89. The van der Waals surface area contributed by atoms with Gasteiger partial charge in [-0.15, -0.1) is 0 Å². The van der Waals surface area contributed by atoms with E-state index in [0.29, 0.717) is 6.54 Å². The molecule has 1 unspecified atom stereocenters. The van der Waals surface area contributed by atoms with Gasteiger partial charge in [-0.25, -0.2) is 13.1 Å². The van der Waals surface area contributed by atoms with Crippen molar-refractivity contribution in [3.05, 3.63) is 29.8 Å². The summed E-state index contributed by atoms with van der Waals surface area (Å²) in [5.41, 5.74) is 0.814. The van der Waals surface area contributed by atoms with Gasteiger partial charge in [0.2, 0.25) is 10.0 Å². The smallest absolute Gasteiger partial charge is 0.210 e. The van der Waals surface area contributed by atoms with E-state index in [1.165, 1.54) is 12.1 Å². The summed E-state index contributed by atoms with van der Waals surface area (Å²) < 4.78 is 26.4. The van der Waals surface area contributed by atoms with E-state index in [9.17, 15) is 8.42 Å². The molecule has 0 bridgehead atoms. The summed E-state index contributed by atoms with van der Waals surface area (Å²) in [5.74, 6) is 0. The van der Waals surface area contributed by atoms with Gasteiger partial charge >= 0.3 is 0 Å². The molecule has 0 saturated carbocycles. The highest BCUT2D eigenvalue weighted by molar-refractivity contribution is 7.99. The van der Waals surface area contributed by atoms with Crippen molar-refractivity contribution in [1.29, 1.82) is 5.26 Å². The SMILES string of the molecule is CSC(C)CNS(=O)(=O)c1ccc(CC#N)cc1. The minimum Gasteiger partial charge on any atom is -0.210 e. The van der Waals surface area contributed by atoms with Gasteiger partial charge in [-0.05, 0) is 24.0 Å². The highest BCUT2D eigenvalue weighted by Crippen LogP contribution is 2.12. The van der Waals surface area contributed by atoms with Crippen LogP contribution >= 0.6 is 11.8 Å². The summed E-state index contributed by atoms with van der Waals surface area (Å²) in [6.45, 7) is 2.37. The number of nitrogens with one attached hydrogen (secondary N) is 1. The van der Waals surface area contributed by atoms with E-state index in [1.807, 2.05) is 19.2 Å². The second-order valence-electron chi connectivity index (χ2n) is 3.88. The Bertz CT molecular complexity index is 518. The lowest BCUT2D eigenvalue weighted by Crippen LogP contribution is -2.29. The van der Waals surface area contributed by atoms with Crippen LogP contribution in [-0.2, 0) is 16.4 Å². The van der Waals surface area contributed by atoms with Crippen LogP contribution in [0.15, 0.2) is 29.2 Å². The lowest BCUT2D eigenvalue weighted by Gasteiger charge is -2.10. The number of hydrogen-bond acceptors (Lipinski definition) is 4. The quantitative estimate of drug-likeness (QED) is 0.864.